The lowest BCUT2D eigenvalue weighted by atomic mass is 10.1. The maximum absolute atomic E-state index is 7.18. The monoisotopic (exact) mass is 186 g/mol. The van der Waals surface area contributed by atoms with Gasteiger partial charge in [0.2, 0.25) is 0 Å². The minimum Gasteiger partial charge on any atom is -0.387 e. The van der Waals surface area contributed by atoms with Crippen LogP contribution in [-0.4, -0.2) is 18.5 Å². The summed E-state index contributed by atoms with van der Waals surface area (Å²) in [6.07, 6.45) is 1.33. The van der Waals surface area contributed by atoms with E-state index in [0.29, 0.717) is 12.5 Å². The van der Waals surface area contributed by atoms with Crippen molar-refractivity contribution in [3.8, 4) is 0 Å². The molecule has 0 rings (SSSR count). The minimum absolute atomic E-state index is 0.0367. The van der Waals surface area contributed by atoms with E-state index in [4.69, 9.17) is 15.9 Å². The molecule has 0 heterocycles. The maximum Gasteiger partial charge on any atom is 0.0957 e. The largest absolute Gasteiger partial charge is 0.387 e. The molecule has 0 aliphatic rings. The molecule has 0 saturated heterocycles. The van der Waals surface area contributed by atoms with Gasteiger partial charge in [-0.05, 0) is 19.3 Å². The highest BCUT2D eigenvalue weighted by molar-refractivity contribution is 5.79. The molecule has 13 heavy (non-hydrogen) atoms. The zero-order chi connectivity index (χ0) is 10.4. The Balaban J connectivity index is 3.57. The zero-order valence-corrected chi connectivity index (χ0v) is 9.13. The predicted octanol–water partition coefficient (Wildman–Crippen LogP) is 2.01. The van der Waals surface area contributed by atoms with Crippen LogP contribution in [0.3, 0.4) is 0 Å². The van der Waals surface area contributed by atoms with Gasteiger partial charge in [-0.1, -0.05) is 20.8 Å². The van der Waals surface area contributed by atoms with Gasteiger partial charge in [0.15, 0.2) is 0 Å². The van der Waals surface area contributed by atoms with Crippen LogP contribution in [0.2, 0.25) is 0 Å². The van der Waals surface area contributed by atoms with Crippen LogP contribution < -0.4 is 5.73 Å². The van der Waals surface area contributed by atoms with Crippen LogP contribution in [0.15, 0.2) is 0 Å². The molecule has 0 spiro atoms. The van der Waals surface area contributed by atoms with E-state index < -0.39 is 0 Å². The molecule has 0 fully saturated rings. The van der Waals surface area contributed by atoms with Gasteiger partial charge in [0.25, 0.3) is 0 Å². The Bertz CT molecular complexity index is 157. The summed E-state index contributed by atoms with van der Waals surface area (Å²) in [4.78, 5) is 0. The van der Waals surface area contributed by atoms with Gasteiger partial charge in [0, 0.05) is 5.92 Å². The van der Waals surface area contributed by atoms with Crippen molar-refractivity contribution >= 4 is 5.84 Å². The highest BCUT2D eigenvalue weighted by Crippen LogP contribution is 2.08. The first-order valence-corrected chi connectivity index (χ1v) is 4.89. The molecule has 2 unspecified atom stereocenters. The van der Waals surface area contributed by atoms with Gasteiger partial charge in [-0.25, -0.2) is 0 Å². The zero-order valence-electron chi connectivity index (χ0n) is 9.13. The molecule has 0 saturated carbocycles. The molecule has 0 aliphatic carbocycles. The predicted molar refractivity (Wildman–Crippen MR) is 55.9 cm³/mol. The van der Waals surface area contributed by atoms with Crippen molar-refractivity contribution in [2.45, 2.75) is 40.2 Å². The summed E-state index contributed by atoms with van der Waals surface area (Å²) in [7, 11) is 0. The van der Waals surface area contributed by atoms with Crippen LogP contribution in [0, 0.1) is 17.2 Å². The Kier molecular flexibility index (Phi) is 5.71. The summed E-state index contributed by atoms with van der Waals surface area (Å²) in [6.45, 7) is 8.88. The lowest BCUT2D eigenvalue weighted by molar-refractivity contribution is 0.0426. The highest BCUT2D eigenvalue weighted by atomic mass is 16.5. The lowest BCUT2D eigenvalue weighted by Crippen LogP contribution is -2.26. The van der Waals surface area contributed by atoms with Gasteiger partial charge in [-0.15, -0.1) is 0 Å². The second-order valence-corrected chi connectivity index (χ2v) is 4.13. The quantitative estimate of drug-likeness (QED) is 0.492. The second-order valence-electron chi connectivity index (χ2n) is 4.13. The third-order valence-corrected chi connectivity index (χ3v) is 1.96. The van der Waals surface area contributed by atoms with Crippen LogP contribution in [0.1, 0.15) is 34.1 Å². The fraction of sp³-hybridized carbons (Fsp3) is 0.900. The van der Waals surface area contributed by atoms with E-state index in [-0.39, 0.29) is 17.9 Å². The molecule has 0 aromatic heterocycles. The third-order valence-electron chi connectivity index (χ3n) is 1.96. The summed E-state index contributed by atoms with van der Waals surface area (Å²) in [6, 6.07) is 0. The maximum atomic E-state index is 7.18. The number of hydrogen-bond donors (Lipinski definition) is 2. The van der Waals surface area contributed by atoms with Crippen LogP contribution in [0.4, 0.5) is 0 Å². The van der Waals surface area contributed by atoms with E-state index in [2.05, 4.69) is 20.8 Å². The Hall–Kier alpha value is -0.570. The Morgan fingerprint density at radius 2 is 1.85 bits per heavy atom. The van der Waals surface area contributed by atoms with Gasteiger partial charge >= 0.3 is 0 Å². The molecule has 0 amide bonds. The first-order chi connectivity index (χ1) is 5.93. The number of amidine groups is 1. The van der Waals surface area contributed by atoms with Crippen molar-refractivity contribution in [2.24, 2.45) is 17.6 Å². The first-order valence-electron chi connectivity index (χ1n) is 4.89. The SMILES string of the molecule is CC(C)CC(C)OCC(C)C(=N)N. The summed E-state index contributed by atoms with van der Waals surface area (Å²) in [5.74, 6) is 0.897. The van der Waals surface area contributed by atoms with Crippen molar-refractivity contribution in [1.82, 2.24) is 0 Å². The first kappa shape index (κ1) is 12.4. The van der Waals surface area contributed by atoms with Crippen molar-refractivity contribution in [3.63, 3.8) is 0 Å². The molecule has 0 aromatic carbocycles. The minimum atomic E-state index is 0.0367. The van der Waals surface area contributed by atoms with E-state index in [1.807, 2.05) is 6.92 Å². The molecule has 3 N–H and O–H groups in total. The fourth-order valence-electron chi connectivity index (χ4n) is 1.13. The van der Waals surface area contributed by atoms with Crippen LogP contribution in [0.5, 0.6) is 0 Å². The van der Waals surface area contributed by atoms with Gasteiger partial charge < -0.3 is 10.5 Å². The molecule has 3 heteroatoms. The Morgan fingerprint density at radius 3 is 2.23 bits per heavy atom. The van der Waals surface area contributed by atoms with Crippen LogP contribution in [-0.2, 0) is 4.74 Å². The normalized spacial score (nSPS) is 15.8. The second kappa shape index (κ2) is 5.97. The van der Waals surface area contributed by atoms with Crippen molar-refractivity contribution < 1.29 is 4.74 Å². The molecule has 0 radical (unpaired) electrons. The molecule has 0 aliphatic heterocycles. The molecular weight excluding hydrogens is 164 g/mol. The van der Waals surface area contributed by atoms with E-state index in [1.165, 1.54) is 0 Å². The summed E-state index contributed by atoms with van der Waals surface area (Å²) in [5.41, 5.74) is 5.33. The van der Waals surface area contributed by atoms with E-state index in [1.54, 1.807) is 0 Å². The van der Waals surface area contributed by atoms with E-state index in [9.17, 15) is 0 Å². The standard InChI is InChI=1S/C10H22N2O/c1-7(2)5-9(4)13-6-8(3)10(11)12/h7-9H,5-6H2,1-4H3,(H3,11,12). The third kappa shape index (κ3) is 6.58. The smallest absolute Gasteiger partial charge is 0.0957 e. The summed E-state index contributed by atoms with van der Waals surface area (Å²) >= 11 is 0. The highest BCUT2D eigenvalue weighted by Gasteiger charge is 2.09. The number of nitrogens with two attached hydrogens (primary N) is 1. The molecule has 3 nitrogen and oxygen atoms in total. The number of ether oxygens (including phenoxy) is 1. The van der Waals surface area contributed by atoms with E-state index in [0.717, 1.165) is 6.42 Å². The van der Waals surface area contributed by atoms with Crippen LogP contribution in [0.25, 0.3) is 0 Å². The average molecular weight is 186 g/mol. The summed E-state index contributed by atoms with van der Waals surface area (Å²) in [5, 5.41) is 7.18. The van der Waals surface area contributed by atoms with Gasteiger partial charge in [-0.2, -0.15) is 0 Å². The molecule has 0 bridgehead atoms. The fourth-order valence-corrected chi connectivity index (χ4v) is 1.13. The topological polar surface area (TPSA) is 59.1 Å². The van der Waals surface area contributed by atoms with Crippen molar-refractivity contribution in [1.29, 1.82) is 5.41 Å². The molecule has 78 valence electrons. The Morgan fingerprint density at radius 1 is 1.31 bits per heavy atom. The van der Waals surface area contributed by atoms with Crippen molar-refractivity contribution in [2.75, 3.05) is 6.61 Å². The Labute approximate surface area is 81.2 Å². The van der Waals surface area contributed by atoms with Gasteiger partial charge in [0.1, 0.15) is 0 Å². The summed E-state index contributed by atoms with van der Waals surface area (Å²) < 4.78 is 5.56. The van der Waals surface area contributed by atoms with Gasteiger partial charge in [-0.3, -0.25) is 5.41 Å². The average Bonchev–Trinajstić information content (AvgIpc) is 1.98. The number of nitrogens with one attached hydrogen (secondary N) is 1. The van der Waals surface area contributed by atoms with Gasteiger partial charge in [0.05, 0.1) is 18.5 Å². The number of rotatable bonds is 6. The van der Waals surface area contributed by atoms with E-state index >= 15 is 0 Å². The molecule has 0 aromatic rings. The molecular formula is C10H22N2O. The van der Waals surface area contributed by atoms with Crippen molar-refractivity contribution in [3.05, 3.63) is 0 Å². The molecule has 2 atom stereocenters. The number of hydrogen-bond acceptors (Lipinski definition) is 2. The van der Waals surface area contributed by atoms with Crippen LogP contribution >= 0.6 is 0 Å². The lowest BCUT2D eigenvalue weighted by Gasteiger charge is -2.17.